The third-order valence-corrected chi connectivity index (χ3v) is 8.37. The van der Waals surface area contributed by atoms with Gasteiger partial charge in [-0.15, -0.1) is 0 Å². The molecule has 0 unspecified atom stereocenters. The molecule has 32 heavy (non-hydrogen) atoms. The number of halogens is 2. The van der Waals surface area contributed by atoms with Crippen molar-refractivity contribution >= 4 is 48.9 Å². The summed E-state index contributed by atoms with van der Waals surface area (Å²) in [4.78, 5) is 18.7. The van der Waals surface area contributed by atoms with Gasteiger partial charge in [-0.1, -0.05) is 29.0 Å². The molecule has 2 aromatic carbocycles. The number of ether oxygens (including phenoxy) is 1. The van der Waals surface area contributed by atoms with Crippen LogP contribution in [0, 0.1) is 5.82 Å². The van der Waals surface area contributed by atoms with Gasteiger partial charge in [-0.2, -0.15) is 4.98 Å². The molecule has 0 aliphatic carbocycles. The molecule has 1 aromatic heterocycles. The predicted octanol–water partition coefficient (Wildman–Crippen LogP) is 4.71. The van der Waals surface area contributed by atoms with E-state index in [2.05, 4.69) is 4.98 Å². The lowest BCUT2D eigenvalue weighted by atomic mass is 10.1. The minimum atomic E-state index is -3.44. The summed E-state index contributed by atoms with van der Waals surface area (Å²) in [6.07, 6.45) is 1.64. The van der Waals surface area contributed by atoms with E-state index in [0.29, 0.717) is 41.7 Å². The van der Waals surface area contributed by atoms with Gasteiger partial charge in [0.1, 0.15) is 17.4 Å². The van der Waals surface area contributed by atoms with Gasteiger partial charge in [0, 0.05) is 37.4 Å². The number of amides is 1. The molecule has 0 bridgehead atoms. The Kier molecular flexibility index (Phi) is 6.97. The van der Waals surface area contributed by atoms with Crippen LogP contribution in [-0.2, 0) is 14.6 Å². The molecule has 1 aliphatic rings. The summed E-state index contributed by atoms with van der Waals surface area (Å²) in [6, 6.07) is 10.8. The number of rotatable bonds is 7. The number of aromatic nitrogens is 1. The molecule has 10 heteroatoms. The van der Waals surface area contributed by atoms with Crippen molar-refractivity contribution in [2.24, 2.45) is 0 Å². The van der Waals surface area contributed by atoms with Crippen molar-refractivity contribution < 1.29 is 22.3 Å². The van der Waals surface area contributed by atoms with E-state index in [1.807, 2.05) is 0 Å². The molecule has 1 saturated heterocycles. The van der Waals surface area contributed by atoms with Crippen molar-refractivity contribution in [2.75, 3.05) is 18.8 Å². The second-order valence-electron chi connectivity index (χ2n) is 7.64. The highest BCUT2D eigenvalue weighted by molar-refractivity contribution is 7.91. The Balaban J connectivity index is 1.23. The number of carbonyl (C=O) groups is 1. The second-order valence-corrected chi connectivity index (χ2v) is 11.2. The topological polar surface area (TPSA) is 76.6 Å². The van der Waals surface area contributed by atoms with Gasteiger partial charge in [0.25, 0.3) is 5.19 Å². The zero-order valence-corrected chi connectivity index (χ0v) is 19.6. The number of likely N-dealkylation sites (tertiary alicyclic amines) is 1. The van der Waals surface area contributed by atoms with Crippen LogP contribution in [0.1, 0.15) is 25.7 Å². The van der Waals surface area contributed by atoms with Crippen molar-refractivity contribution in [1.82, 2.24) is 9.88 Å². The Bertz CT molecular complexity index is 1210. The van der Waals surface area contributed by atoms with E-state index in [0.717, 1.165) is 4.70 Å². The summed E-state index contributed by atoms with van der Waals surface area (Å²) in [5, 5.41) is 0.907. The highest BCUT2D eigenvalue weighted by Gasteiger charge is 2.25. The van der Waals surface area contributed by atoms with Gasteiger partial charge in [0.2, 0.25) is 5.91 Å². The molecule has 1 fully saturated rings. The molecule has 3 aromatic rings. The van der Waals surface area contributed by atoms with E-state index in [4.69, 9.17) is 16.3 Å². The summed E-state index contributed by atoms with van der Waals surface area (Å²) in [7, 11) is -3.44. The molecular weight excluding hydrogens is 475 g/mol. The van der Waals surface area contributed by atoms with Gasteiger partial charge in [-0.25, -0.2) is 12.8 Å². The molecule has 0 saturated carbocycles. The fraction of sp³-hybridized carbons (Fsp3) is 0.364. The monoisotopic (exact) mass is 496 g/mol. The Hall–Kier alpha value is -2.23. The lowest BCUT2D eigenvalue weighted by molar-refractivity contribution is -0.133. The number of sulfone groups is 1. The molecule has 0 N–H and O–H groups in total. The molecule has 6 nitrogen and oxygen atoms in total. The average Bonchev–Trinajstić information content (AvgIpc) is 3.18. The minimum Gasteiger partial charge on any atom is -0.467 e. The second kappa shape index (κ2) is 9.72. The maximum absolute atomic E-state index is 13.8. The van der Waals surface area contributed by atoms with Crippen molar-refractivity contribution in [3.05, 3.63) is 53.3 Å². The van der Waals surface area contributed by atoms with E-state index in [1.54, 1.807) is 17.0 Å². The molecule has 2 heterocycles. The van der Waals surface area contributed by atoms with Gasteiger partial charge in [-0.3, -0.25) is 4.79 Å². The fourth-order valence-electron chi connectivity index (χ4n) is 3.64. The SMILES string of the molecule is O=C(CCCS(=O)(=O)c1ccc(Cl)cc1)N1CCC(Oc2nc3c(F)cccc3s2)CC1. The van der Waals surface area contributed by atoms with Crippen LogP contribution >= 0.6 is 22.9 Å². The molecule has 0 atom stereocenters. The summed E-state index contributed by atoms with van der Waals surface area (Å²) in [5.41, 5.74) is 0.314. The number of hydrogen-bond acceptors (Lipinski definition) is 6. The molecule has 0 spiro atoms. The number of piperidine rings is 1. The van der Waals surface area contributed by atoms with Crippen LogP contribution in [0.5, 0.6) is 5.19 Å². The van der Waals surface area contributed by atoms with E-state index in [-0.39, 0.29) is 41.3 Å². The van der Waals surface area contributed by atoms with Crippen LogP contribution in [0.15, 0.2) is 47.4 Å². The number of carbonyl (C=O) groups excluding carboxylic acids is 1. The van der Waals surface area contributed by atoms with Crippen LogP contribution < -0.4 is 4.74 Å². The average molecular weight is 497 g/mol. The quantitative estimate of drug-likeness (QED) is 0.473. The first-order chi connectivity index (χ1) is 15.3. The van der Waals surface area contributed by atoms with Gasteiger partial charge in [-0.05, 0) is 42.8 Å². The van der Waals surface area contributed by atoms with Crippen LogP contribution in [-0.4, -0.2) is 49.2 Å². The molecule has 170 valence electrons. The Morgan fingerprint density at radius 2 is 1.91 bits per heavy atom. The number of hydrogen-bond donors (Lipinski definition) is 0. The van der Waals surface area contributed by atoms with Gasteiger partial charge >= 0.3 is 0 Å². The first-order valence-corrected chi connectivity index (χ1v) is 13.1. The predicted molar refractivity (Wildman–Crippen MR) is 123 cm³/mol. The molecule has 4 rings (SSSR count). The van der Waals surface area contributed by atoms with Crippen LogP contribution in [0.3, 0.4) is 0 Å². The van der Waals surface area contributed by atoms with Crippen LogP contribution in [0.4, 0.5) is 4.39 Å². The van der Waals surface area contributed by atoms with E-state index >= 15 is 0 Å². The van der Waals surface area contributed by atoms with Gasteiger partial charge in [0.05, 0.1) is 15.3 Å². The van der Waals surface area contributed by atoms with E-state index in [9.17, 15) is 17.6 Å². The lowest BCUT2D eigenvalue weighted by Gasteiger charge is -2.31. The Labute approximate surface area is 194 Å². The number of nitrogens with zero attached hydrogens (tertiary/aromatic N) is 2. The molecule has 1 aliphatic heterocycles. The zero-order valence-electron chi connectivity index (χ0n) is 17.2. The molecular formula is C22H22ClFN2O4S2. The Morgan fingerprint density at radius 1 is 1.19 bits per heavy atom. The first-order valence-electron chi connectivity index (χ1n) is 10.3. The number of benzene rings is 2. The summed E-state index contributed by atoms with van der Waals surface area (Å²) in [6.45, 7) is 1.07. The fourth-order valence-corrected chi connectivity index (χ4v) is 5.97. The standard InChI is InChI=1S/C22H22ClFN2O4S2/c23-15-6-8-17(9-7-15)32(28,29)14-2-5-20(27)26-12-10-16(11-13-26)30-22-25-21-18(24)3-1-4-19(21)31-22/h1,3-4,6-9,16H,2,5,10-14H2. The maximum atomic E-state index is 13.8. The largest absolute Gasteiger partial charge is 0.467 e. The third kappa shape index (κ3) is 5.39. The van der Waals surface area contributed by atoms with Gasteiger partial charge < -0.3 is 9.64 Å². The van der Waals surface area contributed by atoms with Crippen LogP contribution in [0.2, 0.25) is 5.02 Å². The number of para-hydroxylation sites is 1. The van der Waals surface area contributed by atoms with Crippen molar-refractivity contribution in [3.8, 4) is 5.19 Å². The van der Waals surface area contributed by atoms with Crippen molar-refractivity contribution in [1.29, 1.82) is 0 Å². The zero-order chi connectivity index (χ0) is 22.7. The summed E-state index contributed by atoms with van der Waals surface area (Å²) in [5.74, 6) is -0.516. The minimum absolute atomic E-state index is 0.0585. The van der Waals surface area contributed by atoms with E-state index in [1.165, 1.54) is 41.7 Å². The first kappa shape index (κ1) is 22.9. The maximum Gasteiger partial charge on any atom is 0.274 e. The normalized spacial score (nSPS) is 15.2. The van der Waals surface area contributed by atoms with Crippen molar-refractivity contribution in [2.45, 2.75) is 36.7 Å². The lowest BCUT2D eigenvalue weighted by Crippen LogP contribution is -2.41. The highest BCUT2D eigenvalue weighted by Crippen LogP contribution is 2.31. The van der Waals surface area contributed by atoms with Gasteiger partial charge in [0.15, 0.2) is 9.84 Å². The molecule has 0 radical (unpaired) electrons. The smallest absolute Gasteiger partial charge is 0.274 e. The summed E-state index contributed by atoms with van der Waals surface area (Å²) >= 11 is 7.11. The van der Waals surface area contributed by atoms with Crippen molar-refractivity contribution in [3.63, 3.8) is 0 Å². The number of thiazole rings is 1. The Morgan fingerprint density at radius 3 is 2.59 bits per heavy atom. The van der Waals surface area contributed by atoms with Crippen LogP contribution in [0.25, 0.3) is 10.2 Å². The van der Waals surface area contributed by atoms with E-state index < -0.39 is 9.84 Å². The molecule has 1 amide bonds. The summed E-state index contributed by atoms with van der Waals surface area (Å²) < 4.78 is 45.2. The third-order valence-electron chi connectivity index (χ3n) is 5.39. The number of fused-ring (bicyclic) bond motifs is 1. The highest BCUT2D eigenvalue weighted by atomic mass is 35.5.